The summed E-state index contributed by atoms with van der Waals surface area (Å²) in [5, 5.41) is 3.98. The van der Waals surface area contributed by atoms with Gasteiger partial charge < -0.3 is 10.1 Å². The van der Waals surface area contributed by atoms with Gasteiger partial charge in [-0.2, -0.15) is 11.8 Å². The third-order valence-electron chi connectivity index (χ3n) is 4.29. The Morgan fingerprint density at radius 2 is 2.37 bits per heavy atom. The molecule has 3 atom stereocenters. The van der Waals surface area contributed by atoms with Crippen molar-refractivity contribution in [2.75, 3.05) is 12.3 Å². The van der Waals surface area contributed by atoms with E-state index in [9.17, 15) is 4.39 Å². The maximum absolute atomic E-state index is 13.5. The Bertz CT molecular complexity index is 481. The van der Waals surface area contributed by atoms with Crippen molar-refractivity contribution in [1.82, 2.24) is 5.32 Å². The normalized spacial score (nSPS) is 33.2. The van der Waals surface area contributed by atoms with Crippen molar-refractivity contribution in [2.24, 2.45) is 0 Å². The van der Waals surface area contributed by atoms with Crippen molar-refractivity contribution in [1.29, 1.82) is 0 Å². The van der Waals surface area contributed by atoms with E-state index >= 15 is 0 Å². The summed E-state index contributed by atoms with van der Waals surface area (Å²) in [6, 6.07) is 5.09. The third-order valence-corrected chi connectivity index (χ3v) is 5.66. The summed E-state index contributed by atoms with van der Waals surface area (Å²) < 4.78 is 19.8. The lowest BCUT2D eigenvalue weighted by Gasteiger charge is -2.42. The molecule has 4 heteroatoms. The van der Waals surface area contributed by atoms with Gasteiger partial charge >= 0.3 is 0 Å². The van der Waals surface area contributed by atoms with Gasteiger partial charge in [-0.15, -0.1) is 0 Å². The summed E-state index contributed by atoms with van der Waals surface area (Å²) in [6.45, 7) is 5.22. The van der Waals surface area contributed by atoms with Gasteiger partial charge in [0.15, 0.2) is 0 Å². The molecule has 1 fully saturated rings. The number of benzene rings is 1. The molecule has 0 amide bonds. The van der Waals surface area contributed by atoms with E-state index in [1.807, 2.05) is 11.8 Å². The molecule has 3 rings (SSSR count). The van der Waals surface area contributed by atoms with Gasteiger partial charge in [-0.05, 0) is 43.8 Å². The van der Waals surface area contributed by atoms with Crippen LogP contribution in [0.1, 0.15) is 38.3 Å². The largest absolute Gasteiger partial charge is 0.486 e. The monoisotopic (exact) mass is 281 g/mol. The first-order valence-corrected chi connectivity index (χ1v) is 8.03. The third kappa shape index (κ3) is 2.25. The molecule has 2 aliphatic rings. The molecule has 104 valence electrons. The van der Waals surface area contributed by atoms with E-state index in [4.69, 9.17) is 4.74 Å². The lowest BCUT2D eigenvalue weighted by molar-refractivity contribution is 0.0353. The number of rotatable bonds is 2. The quantitative estimate of drug-likeness (QED) is 0.896. The van der Waals surface area contributed by atoms with Crippen molar-refractivity contribution in [3.05, 3.63) is 29.6 Å². The molecule has 3 unspecified atom stereocenters. The van der Waals surface area contributed by atoms with Gasteiger partial charge in [-0.3, -0.25) is 0 Å². The second-order valence-electron chi connectivity index (χ2n) is 5.43. The fourth-order valence-corrected chi connectivity index (χ4v) is 4.58. The highest BCUT2D eigenvalue weighted by molar-refractivity contribution is 8.00. The highest BCUT2D eigenvalue weighted by atomic mass is 32.2. The zero-order valence-electron chi connectivity index (χ0n) is 11.4. The number of hydrogen-bond donors (Lipinski definition) is 1. The number of nitrogens with one attached hydrogen (secondary N) is 1. The van der Waals surface area contributed by atoms with Crippen LogP contribution in [0, 0.1) is 5.82 Å². The molecule has 2 nitrogen and oxygen atoms in total. The van der Waals surface area contributed by atoms with Crippen molar-refractivity contribution in [3.63, 3.8) is 0 Å². The highest BCUT2D eigenvalue weighted by Gasteiger charge is 2.48. The summed E-state index contributed by atoms with van der Waals surface area (Å²) in [5.41, 5.74) is 0.888. The van der Waals surface area contributed by atoms with Crippen molar-refractivity contribution in [2.45, 2.75) is 43.6 Å². The first-order valence-electron chi connectivity index (χ1n) is 6.98. The van der Waals surface area contributed by atoms with Gasteiger partial charge in [0.1, 0.15) is 17.2 Å². The molecule has 0 saturated carbocycles. The Morgan fingerprint density at radius 3 is 3.05 bits per heavy atom. The Labute approximate surface area is 118 Å². The SMILES string of the molecule is CCNC1CC2(CCSC2C)Oc2ccc(F)cc21. The van der Waals surface area contributed by atoms with Crippen LogP contribution < -0.4 is 10.1 Å². The second kappa shape index (κ2) is 4.98. The summed E-state index contributed by atoms with van der Waals surface area (Å²) in [5.74, 6) is 1.82. The smallest absolute Gasteiger partial charge is 0.125 e. The Hall–Kier alpha value is -0.740. The Kier molecular flexibility index (Phi) is 3.48. The van der Waals surface area contributed by atoms with Gasteiger partial charge in [0.05, 0.1) is 0 Å². The van der Waals surface area contributed by atoms with Crippen LogP contribution >= 0.6 is 11.8 Å². The van der Waals surface area contributed by atoms with Gasteiger partial charge in [-0.1, -0.05) is 6.92 Å². The van der Waals surface area contributed by atoms with E-state index in [1.54, 1.807) is 12.1 Å². The van der Waals surface area contributed by atoms with Crippen LogP contribution in [0.25, 0.3) is 0 Å². The molecule has 1 aromatic carbocycles. The summed E-state index contributed by atoms with van der Waals surface area (Å²) in [6.07, 6.45) is 2.02. The van der Waals surface area contributed by atoms with Crippen LogP contribution in [0.4, 0.5) is 4.39 Å². The van der Waals surface area contributed by atoms with Gasteiger partial charge in [-0.25, -0.2) is 4.39 Å². The maximum Gasteiger partial charge on any atom is 0.125 e. The van der Waals surface area contributed by atoms with E-state index in [2.05, 4.69) is 19.2 Å². The van der Waals surface area contributed by atoms with Crippen LogP contribution in [0.3, 0.4) is 0 Å². The zero-order chi connectivity index (χ0) is 13.5. The zero-order valence-corrected chi connectivity index (χ0v) is 12.2. The Balaban J connectivity index is 1.99. The van der Waals surface area contributed by atoms with Crippen molar-refractivity contribution >= 4 is 11.8 Å². The average Bonchev–Trinajstić information content (AvgIpc) is 2.72. The molecule has 0 bridgehead atoms. The molecule has 1 spiro atoms. The van der Waals surface area contributed by atoms with Gasteiger partial charge in [0.25, 0.3) is 0 Å². The number of halogens is 1. The predicted octanol–water partition coefficient (Wildman–Crippen LogP) is 3.52. The van der Waals surface area contributed by atoms with E-state index in [1.165, 1.54) is 6.07 Å². The minimum absolute atomic E-state index is 0.0810. The Morgan fingerprint density at radius 1 is 1.53 bits per heavy atom. The van der Waals surface area contributed by atoms with Crippen LogP contribution in [0.5, 0.6) is 5.75 Å². The van der Waals surface area contributed by atoms with E-state index < -0.39 is 0 Å². The molecule has 2 heterocycles. The number of fused-ring (bicyclic) bond motifs is 1. The van der Waals surface area contributed by atoms with E-state index in [0.717, 1.165) is 36.5 Å². The van der Waals surface area contributed by atoms with E-state index in [0.29, 0.717) is 5.25 Å². The lowest BCUT2D eigenvalue weighted by Crippen LogP contribution is -2.48. The first-order chi connectivity index (χ1) is 9.14. The molecule has 1 N–H and O–H groups in total. The number of ether oxygens (including phenoxy) is 1. The minimum atomic E-state index is -0.185. The summed E-state index contributed by atoms with van der Waals surface area (Å²) in [7, 11) is 0. The molecular weight excluding hydrogens is 261 g/mol. The fraction of sp³-hybridized carbons (Fsp3) is 0.600. The van der Waals surface area contributed by atoms with E-state index in [-0.39, 0.29) is 17.5 Å². The van der Waals surface area contributed by atoms with Gasteiger partial charge in [0.2, 0.25) is 0 Å². The maximum atomic E-state index is 13.5. The van der Waals surface area contributed by atoms with Crippen LogP contribution in [-0.4, -0.2) is 23.1 Å². The molecule has 19 heavy (non-hydrogen) atoms. The van der Waals surface area contributed by atoms with Crippen LogP contribution in [-0.2, 0) is 0 Å². The van der Waals surface area contributed by atoms with Crippen molar-refractivity contribution < 1.29 is 9.13 Å². The molecule has 0 aromatic heterocycles. The molecule has 0 aliphatic carbocycles. The molecule has 0 radical (unpaired) electrons. The molecule has 1 saturated heterocycles. The molecule has 1 aromatic rings. The van der Waals surface area contributed by atoms with Crippen LogP contribution in [0.15, 0.2) is 18.2 Å². The standard InChI is InChI=1S/C15H20FNOS/c1-3-17-13-9-15(6-7-19-10(15)2)18-14-5-4-11(16)8-12(13)14/h4-5,8,10,13,17H,3,6-7,9H2,1-2H3. The predicted molar refractivity (Wildman–Crippen MR) is 77.3 cm³/mol. The lowest BCUT2D eigenvalue weighted by atomic mass is 9.83. The highest BCUT2D eigenvalue weighted by Crippen LogP contribution is 2.49. The topological polar surface area (TPSA) is 21.3 Å². The minimum Gasteiger partial charge on any atom is -0.486 e. The van der Waals surface area contributed by atoms with Crippen LogP contribution in [0.2, 0.25) is 0 Å². The number of thioether (sulfide) groups is 1. The number of hydrogen-bond acceptors (Lipinski definition) is 3. The first kappa shape index (κ1) is 13.3. The van der Waals surface area contributed by atoms with Crippen molar-refractivity contribution in [3.8, 4) is 5.75 Å². The van der Waals surface area contributed by atoms with Gasteiger partial charge in [0, 0.05) is 23.3 Å². The summed E-state index contributed by atoms with van der Waals surface area (Å²) in [4.78, 5) is 0. The fourth-order valence-electron chi connectivity index (χ4n) is 3.19. The molecular formula is C15H20FNOS. The average molecular weight is 281 g/mol. The molecule has 2 aliphatic heterocycles. The second-order valence-corrected chi connectivity index (χ2v) is 6.88. The summed E-state index contributed by atoms with van der Waals surface area (Å²) >= 11 is 1.97.